The van der Waals surface area contributed by atoms with E-state index in [-0.39, 0.29) is 23.5 Å². The number of nitrogens with zero attached hydrogens (tertiary/aromatic N) is 2. The summed E-state index contributed by atoms with van der Waals surface area (Å²) < 4.78 is 0.681. The number of aliphatic carboxylic acids is 1. The van der Waals surface area contributed by atoms with E-state index in [4.69, 9.17) is 23.2 Å². The van der Waals surface area contributed by atoms with Gasteiger partial charge in [-0.25, -0.2) is 4.79 Å². The molecular formula is C23H26Cl2N3O5S2+. The van der Waals surface area contributed by atoms with Gasteiger partial charge in [0.15, 0.2) is 0 Å². The van der Waals surface area contributed by atoms with E-state index in [9.17, 15) is 24.6 Å². The van der Waals surface area contributed by atoms with Gasteiger partial charge in [0, 0.05) is 40.0 Å². The van der Waals surface area contributed by atoms with Gasteiger partial charge in [-0.05, 0) is 18.2 Å². The first kappa shape index (κ1) is 25.2. The number of fused-ring (bicyclic) bond motifs is 4. The van der Waals surface area contributed by atoms with Crippen LogP contribution in [0.1, 0.15) is 12.8 Å². The highest BCUT2D eigenvalue weighted by Gasteiger charge is 2.55. The Balaban J connectivity index is 1.25. The van der Waals surface area contributed by atoms with Crippen LogP contribution in [0.4, 0.5) is 0 Å². The van der Waals surface area contributed by atoms with Gasteiger partial charge in [-0.2, -0.15) is 0 Å². The van der Waals surface area contributed by atoms with E-state index in [0.29, 0.717) is 44.2 Å². The van der Waals surface area contributed by atoms with Gasteiger partial charge in [-0.3, -0.25) is 14.5 Å². The molecule has 4 saturated heterocycles. The van der Waals surface area contributed by atoms with Gasteiger partial charge in [0.05, 0.1) is 23.9 Å². The lowest BCUT2D eigenvalue weighted by Gasteiger charge is -2.53. The van der Waals surface area contributed by atoms with Crippen LogP contribution >= 0.6 is 46.7 Å². The maximum Gasteiger partial charge on any atom is 0.352 e. The number of carboxylic acids is 1. The van der Waals surface area contributed by atoms with E-state index in [2.05, 4.69) is 5.32 Å². The Hall–Kier alpha value is -1.43. The second-order valence-corrected chi connectivity index (χ2v) is 12.6. The number of hydrogen-bond donors (Lipinski definition) is 3. The molecule has 5 aliphatic heterocycles. The molecule has 5 aliphatic rings. The molecule has 8 nitrogen and oxygen atoms in total. The smallest absolute Gasteiger partial charge is 0.352 e. The molecule has 0 aromatic heterocycles. The molecule has 3 atom stereocenters. The summed E-state index contributed by atoms with van der Waals surface area (Å²) in [6, 6.07) is 4.23. The number of rotatable bonds is 7. The topological polar surface area (TPSA) is 107 Å². The van der Waals surface area contributed by atoms with Gasteiger partial charge < -0.3 is 20.0 Å². The summed E-state index contributed by atoms with van der Waals surface area (Å²) in [4.78, 5) is 39.7. The number of piperidine rings is 3. The van der Waals surface area contributed by atoms with Crippen molar-refractivity contribution < 1.29 is 29.1 Å². The van der Waals surface area contributed by atoms with Crippen molar-refractivity contribution in [3.05, 3.63) is 39.5 Å². The van der Waals surface area contributed by atoms with Gasteiger partial charge in [0.1, 0.15) is 36.3 Å². The highest BCUT2D eigenvalue weighted by molar-refractivity contribution is 8.00. The van der Waals surface area contributed by atoms with E-state index in [1.54, 1.807) is 18.2 Å². The van der Waals surface area contributed by atoms with Crippen LogP contribution < -0.4 is 5.32 Å². The predicted molar refractivity (Wildman–Crippen MR) is 135 cm³/mol. The Kier molecular flexibility index (Phi) is 7.06. The third-order valence-corrected chi connectivity index (χ3v) is 10.5. The zero-order valence-electron chi connectivity index (χ0n) is 18.8. The first-order valence-corrected chi connectivity index (χ1v) is 14.3. The fourth-order valence-corrected chi connectivity index (χ4v) is 8.27. The molecule has 0 aliphatic carbocycles. The highest BCUT2D eigenvalue weighted by Crippen LogP contribution is 2.43. The minimum atomic E-state index is -1.12. The average Bonchev–Trinajstić information content (AvgIpc) is 2.83. The second kappa shape index (κ2) is 9.79. The maximum atomic E-state index is 13.0. The predicted octanol–water partition coefficient (Wildman–Crippen LogP) is 2.43. The number of amides is 2. The Bertz CT molecular complexity index is 1110. The molecule has 1 aromatic rings. The zero-order valence-corrected chi connectivity index (χ0v) is 21.9. The number of carbonyl (C=O) groups is 3. The Morgan fingerprint density at radius 3 is 2.69 bits per heavy atom. The van der Waals surface area contributed by atoms with Crippen molar-refractivity contribution in [2.24, 2.45) is 5.92 Å². The minimum absolute atomic E-state index is 0.0408. The number of aliphatic hydroxyl groups is 1. The Morgan fingerprint density at radius 2 is 2.00 bits per heavy atom. The molecule has 0 saturated carbocycles. The van der Waals surface area contributed by atoms with E-state index in [1.165, 1.54) is 28.4 Å². The summed E-state index contributed by atoms with van der Waals surface area (Å²) in [7, 11) is 0. The second-order valence-electron chi connectivity index (χ2n) is 9.61. The molecule has 35 heavy (non-hydrogen) atoms. The van der Waals surface area contributed by atoms with Crippen LogP contribution in [0.25, 0.3) is 0 Å². The normalized spacial score (nSPS) is 31.7. The van der Waals surface area contributed by atoms with Crippen molar-refractivity contribution >= 4 is 64.5 Å². The van der Waals surface area contributed by atoms with Crippen LogP contribution in [0.3, 0.4) is 0 Å². The molecule has 0 spiro atoms. The standard InChI is InChI=1S/C23H25Cl2N3O5S2/c24-14-1-2-15(25)17(7-14)34-11-18(30)26-19-21(31)27-20(23(32)33)13(10-35-22(19)27)8-28-5-3-12(4-6-28)16(29)9-28/h1-2,7,12,16,19,22,29H,3-6,8-11H2,(H-,26,30,32,33)/p+1/t12?,16?,19-,22-,28?/m1/s1. The van der Waals surface area contributed by atoms with Crippen molar-refractivity contribution in [3.8, 4) is 0 Å². The van der Waals surface area contributed by atoms with E-state index in [1.807, 2.05) is 0 Å². The molecule has 188 valence electrons. The van der Waals surface area contributed by atoms with Gasteiger partial charge in [-0.1, -0.05) is 23.2 Å². The van der Waals surface area contributed by atoms with Crippen LogP contribution in [0.5, 0.6) is 0 Å². The molecule has 0 radical (unpaired) electrons. The van der Waals surface area contributed by atoms with Gasteiger partial charge in [-0.15, -0.1) is 23.5 Å². The lowest BCUT2D eigenvalue weighted by Crippen LogP contribution is -2.71. The maximum absolute atomic E-state index is 13.0. The van der Waals surface area contributed by atoms with E-state index >= 15 is 0 Å². The SMILES string of the molecule is O=C(CSc1cc(Cl)ccc1Cl)N[C@@H]1C(=O)N2C(C(=O)O)=C(C[N+]34CCC(CC3)C(O)C4)CS[C@H]12. The third-order valence-electron chi connectivity index (χ3n) is 7.41. The number of quaternary nitrogens is 1. The first-order valence-electron chi connectivity index (χ1n) is 11.5. The van der Waals surface area contributed by atoms with Crippen LogP contribution in [0, 0.1) is 5.92 Å². The molecule has 3 N–H and O–H groups in total. The number of nitrogens with one attached hydrogen (secondary N) is 1. The summed E-state index contributed by atoms with van der Waals surface area (Å²) in [5.41, 5.74) is 0.773. The minimum Gasteiger partial charge on any atom is -0.477 e. The molecule has 12 heteroatoms. The first-order chi connectivity index (χ1) is 16.7. The summed E-state index contributed by atoms with van der Waals surface area (Å²) >= 11 is 14.8. The van der Waals surface area contributed by atoms with E-state index < -0.39 is 23.3 Å². The number of aliphatic hydroxyl groups excluding tert-OH is 1. The van der Waals surface area contributed by atoms with Gasteiger partial charge in [0.2, 0.25) is 5.91 Å². The number of benzene rings is 1. The molecule has 6 rings (SSSR count). The van der Waals surface area contributed by atoms with Crippen molar-refractivity contribution in [1.82, 2.24) is 10.2 Å². The lowest BCUT2D eigenvalue weighted by atomic mass is 9.83. The summed E-state index contributed by atoms with van der Waals surface area (Å²) in [5.74, 6) is -0.984. The highest BCUT2D eigenvalue weighted by atomic mass is 35.5. The zero-order chi connectivity index (χ0) is 24.9. The van der Waals surface area contributed by atoms with Crippen LogP contribution in [0.2, 0.25) is 10.0 Å². The summed E-state index contributed by atoms with van der Waals surface area (Å²) in [5, 5.41) is 23.7. The molecule has 1 aromatic carbocycles. The molecule has 5 heterocycles. The van der Waals surface area contributed by atoms with Crippen LogP contribution in [-0.4, -0.2) is 92.6 Å². The fourth-order valence-electron chi connectivity index (χ4n) is 5.63. The van der Waals surface area contributed by atoms with Gasteiger partial charge in [0.25, 0.3) is 5.91 Å². The molecule has 4 fully saturated rings. The Labute approximate surface area is 221 Å². The number of halogens is 2. The van der Waals surface area contributed by atoms with Crippen molar-refractivity contribution in [3.63, 3.8) is 0 Å². The van der Waals surface area contributed by atoms with Crippen LogP contribution in [0.15, 0.2) is 34.4 Å². The van der Waals surface area contributed by atoms with Crippen molar-refractivity contribution in [1.29, 1.82) is 0 Å². The molecule has 2 bridgehead atoms. The van der Waals surface area contributed by atoms with Crippen molar-refractivity contribution in [2.45, 2.75) is 35.3 Å². The van der Waals surface area contributed by atoms with E-state index in [0.717, 1.165) is 31.5 Å². The number of β-lactam (4-membered cyclic amide) rings is 1. The summed E-state index contributed by atoms with van der Waals surface area (Å²) in [6.45, 7) is 3.01. The lowest BCUT2D eigenvalue weighted by molar-refractivity contribution is -0.942. The fraction of sp³-hybridized carbons (Fsp3) is 0.522. The number of carboxylic acid groups (broad SMARTS) is 1. The number of thioether (sulfide) groups is 2. The summed E-state index contributed by atoms with van der Waals surface area (Å²) in [6.07, 6.45) is 1.55. The van der Waals surface area contributed by atoms with Gasteiger partial charge >= 0.3 is 5.97 Å². The number of carbonyl (C=O) groups excluding carboxylic acids is 2. The molecular weight excluding hydrogens is 533 g/mol. The number of hydrogen-bond acceptors (Lipinski definition) is 6. The molecule has 1 unspecified atom stereocenters. The third kappa shape index (κ3) is 4.81. The van der Waals surface area contributed by atoms with Crippen LogP contribution in [-0.2, 0) is 14.4 Å². The monoisotopic (exact) mass is 558 g/mol. The molecule has 2 amide bonds. The Morgan fingerprint density at radius 1 is 1.26 bits per heavy atom. The average molecular weight is 560 g/mol. The largest absolute Gasteiger partial charge is 0.477 e. The van der Waals surface area contributed by atoms with Crippen molar-refractivity contribution in [2.75, 3.05) is 37.7 Å². The quantitative estimate of drug-likeness (QED) is 0.268.